The summed E-state index contributed by atoms with van der Waals surface area (Å²) in [6.45, 7) is 8.36. The SMILES string of the molecule is COC(=O)[C@H](C/C=C\[Si](C)(C)C)NS(=O)(=O)c1ccc(C)cc1. The third kappa shape index (κ3) is 6.68. The number of sulfonamides is 1. The molecule has 1 rings (SSSR count). The van der Waals surface area contributed by atoms with Crippen LogP contribution in [-0.4, -0.2) is 35.6 Å². The Morgan fingerprint density at radius 2 is 1.83 bits per heavy atom. The van der Waals surface area contributed by atoms with Crippen molar-refractivity contribution in [2.45, 2.75) is 43.9 Å². The number of carbonyl (C=O) groups is 1. The van der Waals surface area contributed by atoms with Crippen molar-refractivity contribution in [1.29, 1.82) is 0 Å². The van der Waals surface area contributed by atoms with Crippen molar-refractivity contribution >= 4 is 24.1 Å². The van der Waals surface area contributed by atoms with E-state index in [2.05, 4.69) is 30.1 Å². The van der Waals surface area contributed by atoms with Gasteiger partial charge in [0.05, 0.1) is 20.1 Å². The molecule has 1 N–H and O–H groups in total. The molecule has 0 saturated heterocycles. The molecule has 0 radical (unpaired) electrons. The van der Waals surface area contributed by atoms with E-state index in [1.165, 1.54) is 19.2 Å². The van der Waals surface area contributed by atoms with Crippen molar-refractivity contribution in [3.05, 3.63) is 41.6 Å². The summed E-state index contributed by atoms with van der Waals surface area (Å²) in [6, 6.07) is 5.53. The number of esters is 1. The summed E-state index contributed by atoms with van der Waals surface area (Å²) >= 11 is 0. The maximum absolute atomic E-state index is 12.4. The van der Waals surface area contributed by atoms with Gasteiger partial charge in [0.2, 0.25) is 10.0 Å². The van der Waals surface area contributed by atoms with Crippen molar-refractivity contribution in [2.75, 3.05) is 7.11 Å². The molecular formula is C16H25NO4SSi. The third-order valence-electron chi connectivity index (χ3n) is 3.10. The second-order valence-corrected chi connectivity index (χ2v) is 13.3. The molecule has 0 amide bonds. The van der Waals surface area contributed by atoms with E-state index in [4.69, 9.17) is 4.74 Å². The van der Waals surface area contributed by atoms with Gasteiger partial charge in [-0.2, -0.15) is 4.72 Å². The van der Waals surface area contributed by atoms with Gasteiger partial charge in [0.1, 0.15) is 6.04 Å². The van der Waals surface area contributed by atoms with Crippen LogP contribution in [0.1, 0.15) is 12.0 Å². The first-order valence-corrected chi connectivity index (χ1v) is 12.5. The van der Waals surface area contributed by atoms with E-state index in [1.54, 1.807) is 12.1 Å². The van der Waals surface area contributed by atoms with Gasteiger partial charge in [0, 0.05) is 0 Å². The first-order valence-electron chi connectivity index (χ1n) is 7.40. The van der Waals surface area contributed by atoms with E-state index in [-0.39, 0.29) is 11.3 Å². The standard InChI is InChI=1S/C16H25NO4SSi/c1-13-8-10-14(11-9-13)22(19,20)17-15(16(18)21-2)7-6-12-23(3,4)5/h6,8-12,15,17H,7H2,1-5H3/b12-6-/t15-/m0/s1. The Morgan fingerprint density at radius 1 is 1.26 bits per heavy atom. The molecular weight excluding hydrogens is 330 g/mol. The normalized spacial score (nSPS) is 14.0. The molecule has 0 bridgehead atoms. The topological polar surface area (TPSA) is 72.5 Å². The molecule has 0 aliphatic carbocycles. The number of carbonyl (C=O) groups excluding carboxylic acids is 1. The summed E-state index contributed by atoms with van der Waals surface area (Å²) in [6.07, 6.45) is 2.12. The number of hydrogen-bond donors (Lipinski definition) is 1. The summed E-state index contributed by atoms with van der Waals surface area (Å²) in [4.78, 5) is 12.0. The molecule has 128 valence electrons. The highest BCUT2D eigenvalue weighted by Gasteiger charge is 2.25. The number of hydrogen-bond acceptors (Lipinski definition) is 4. The van der Waals surface area contributed by atoms with Crippen LogP contribution in [0.4, 0.5) is 0 Å². The van der Waals surface area contributed by atoms with Crippen LogP contribution in [0.3, 0.4) is 0 Å². The molecule has 7 heteroatoms. The van der Waals surface area contributed by atoms with Crippen molar-refractivity contribution < 1.29 is 17.9 Å². The molecule has 0 aliphatic heterocycles. The van der Waals surface area contributed by atoms with Gasteiger partial charge >= 0.3 is 5.97 Å². The van der Waals surface area contributed by atoms with Crippen molar-refractivity contribution in [3.63, 3.8) is 0 Å². The van der Waals surface area contributed by atoms with Gasteiger partial charge in [-0.1, -0.05) is 49.1 Å². The van der Waals surface area contributed by atoms with Gasteiger partial charge in [-0.3, -0.25) is 4.79 Å². The molecule has 5 nitrogen and oxygen atoms in total. The molecule has 0 fully saturated rings. The highest BCUT2D eigenvalue weighted by atomic mass is 32.2. The fourth-order valence-electron chi connectivity index (χ4n) is 1.87. The highest BCUT2D eigenvalue weighted by Crippen LogP contribution is 2.12. The zero-order chi connectivity index (χ0) is 17.7. The first-order chi connectivity index (χ1) is 10.5. The molecule has 0 aromatic heterocycles. The van der Waals surface area contributed by atoms with Crippen LogP contribution in [-0.2, 0) is 19.6 Å². The number of benzene rings is 1. The summed E-state index contributed by atoms with van der Waals surface area (Å²) in [5.41, 5.74) is 3.04. The van der Waals surface area contributed by atoms with E-state index in [0.717, 1.165) is 5.56 Å². The maximum Gasteiger partial charge on any atom is 0.324 e. The van der Waals surface area contributed by atoms with Gasteiger partial charge in [0.25, 0.3) is 0 Å². The first kappa shape index (κ1) is 19.6. The summed E-state index contributed by atoms with van der Waals surface area (Å²) in [5.74, 6) is -0.596. The minimum atomic E-state index is -3.77. The van der Waals surface area contributed by atoms with Gasteiger partial charge in [-0.25, -0.2) is 8.42 Å². The fraction of sp³-hybridized carbons (Fsp3) is 0.438. The molecule has 0 unspecified atom stereocenters. The minimum Gasteiger partial charge on any atom is -0.468 e. The molecule has 1 atom stereocenters. The van der Waals surface area contributed by atoms with Crippen molar-refractivity contribution in [1.82, 2.24) is 4.72 Å². The van der Waals surface area contributed by atoms with Crippen LogP contribution in [0.2, 0.25) is 19.6 Å². The van der Waals surface area contributed by atoms with E-state index in [1.807, 2.05) is 13.0 Å². The Bertz CT molecular complexity index is 660. The molecule has 1 aromatic rings. The van der Waals surface area contributed by atoms with E-state index in [9.17, 15) is 13.2 Å². The predicted octanol–water partition coefficient (Wildman–Crippen LogP) is 2.64. The second kappa shape index (κ2) is 7.90. The molecule has 1 aromatic carbocycles. The number of methoxy groups -OCH3 is 1. The largest absolute Gasteiger partial charge is 0.468 e. The molecule has 0 heterocycles. The van der Waals surface area contributed by atoms with Crippen LogP contribution >= 0.6 is 0 Å². The average Bonchev–Trinajstić information content (AvgIpc) is 2.44. The third-order valence-corrected chi connectivity index (χ3v) is 5.83. The van der Waals surface area contributed by atoms with E-state index in [0.29, 0.717) is 0 Å². The zero-order valence-corrected chi connectivity index (χ0v) is 16.1. The lowest BCUT2D eigenvalue weighted by Gasteiger charge is -2.16. The monoisotopic (exact) mass is 355 g/mol. The van der Waals surface area contributed by atoms with E-state index >= 15 is 0 Å². The van der Waals surface area contributed by atoms with Gasteiger partial charge in [-0.15, -0.1) is 0 Å². The van der Waals surface area contributed by atoms with Crippen LogP contribution in [0, 0.1) is 6.92 Å². The number of ether oxygens (including phenoxy) is 1. The molecule has 0 saturated carbocycles. The summed E-state index contributed by atoms with van der Waals surface area (Å²) in [5, 5.41) is 0. The summed E-state index contributed by atoms with van der Waals surface area (Å²) in [7, 11) is -3.93. The van der Waals surface area contributed by atoms with Gasteiger partial charge < -0.3 is 4.74 Å². The lowest BCUT2D eigenvalue weighted by Crippen LogP contribution is -2.41. The summed E-state index contributed by atoms with van der Waals surface area (Å²) < 4.78 is 31.9. The predicted molar refractivity (Wildman–Crippen MR) is 94.4 cm³/mol. The number of nitrogens with one attached hydrogen (secondary N) is 1. The average molecular weight is 356 g/mol. The van der Waals surface area contributed by atoms with Crippen LogP contribution in [0.25, 0.3) is 0 Å². The van der Waals surface area contributed by atoms with Crippen molar-refractivity contribution in [2.24, 2.45) is 0 Å². The van der Waals surface area contributed by atoms with Gasteiger partial charge in [0.15, 0.2) is 0 Å². The number of rotatable bonds is 7. The van der Waals surface area contributed by atoms with Crippen molar-refractivity contribution in [3.8, 4) is 0 Å². The Hall–Kier alpha value is -1.44. The Kier molecular flexibility index (Phi) is 6.73. The quantitative estimate of drug-likeness (QED) is 0.603. The molecule has 0 spiro atoms. The molecule has 23 heavy (non-hydrogen) atoms. The zero-order valence-electron chi connectivity index (χ0n) is 14.3. The van der Waals surface area contributed by atoms with Crippen LogP contribution < -0.4 is 4.72 Å². The Balaban J connectivity index is 2.94. The smallest absolute Gasteiger partial charge is 0.324 e. The highest BCUT2D eigenvalue weighted by molar-refractivity contribution is 7.89. The number of aryl methyl sites for hydroxylation is 1. The van der Waals surface area contributed by atoms with E-state index < -0.39 is 30.1 Å². The fourth-order valence-corrected chi connectivity index (χ4v) is 3.91. The Morgan fingerprint density at radius 3 is 2.30 bits per heavy atom. The lowest BCUT2D eigenvalue weighted by molar-refractivity contribution is -0.142. The lowest BCUT2D eigenvalue weighted by atomic mass is 10.2. The minimum absolute atomic E-state index is 0.131. The Labute approximate surface area is 139 Å². The van der Waals surface area contributed by atoms with Crippen LogP contribution in [0.15, 0.2) is 40.9 Å². The van der Waals surface area contributed by atoms with Crippen LogP contribution in [0.5, 0.6) is 0 Å². The second-order valence-electron chi connectivity index (χ2n) is 6.51. The molecule has 0 aliphatic rings. The maximum atomic E-state index is 12.4. The van der Waals surface area contributed by atoms with Gasteiger partial charge in [-0.05, 0) is 25.5 Å².